The van der Waals surface area contributed by atoms with Crippen LogP contribution in [0.3, 0.4) is 0 Å². The van der Waals surface area contributed by atoms with Gasteiger partial charge in [-0.1, -0.05) is 23.7 Å². The molecule has 0 bridgehead atoms. The topological polar surface area (TPSA) is 70.0 Å². The van der Waals surface area contributed by atoms with Crippen LogP contribution in [-0.2, 0) is 4.79 Å². The van der Waals surface area contributed by atoms with E-state index in [2.05, 4.69) is 0 Å². The second-order valence-corrected chi connectivity index (χ2v) is 5.52. The Morgan fingerprint density at radius 2 is 1.70 bits per heavy atom. The summed E-state index contributed by atoms with van der Waals surface area (Å²) in [6.45, 7) is 0. The Balaban J connectivity index is 2.40. The van der Waals surface area contributed by atoms with E-state index >= 15 is 0 Å². The van der Waals surface area contributed by atoms with Crippen molar-refractivity contribution in [3.63, 3.8) is 0 Å². The van der Waals surface area contributed by atoms with Gasteiger partial charge < -0.3 is 19.8 Å². The van der Waals surface area contributed by atoms with Crippen molar-refractivity contribution in [2.24, 2.45) is 0 Å². The van der Waals surface area contributed by atoms with E-state index in [1.165, 1.54) is 0 Å². The van der Waals surface area contributed by atoms with Crippen molar-refractivity contribution in [1.82, 2.24) is 0 Å². The summed E-state index contributed by atoms with van der Waals surface area (Å²) >= 11 is 5.88. The molecule has 0 aliphatic heterocycles. The fourth-order valence-corrected chi connectivity index (χ4v) is 2.52. The predicted octanol–water partition coefficient (Wildman–Crippen LogP) is 2.97. The fraction of sp³-hybridized carbons (Fsp3) is 0.235. The first-order chi connectivity index (χ1) is 10.9. The number of benzene rings is 2. The SMILES string of the molecule is COc1ccc(C(C(O)C(=O)O)N(C)c2ccc(Cl)cc2)cc1. The number of anilines is 1. The van der Waals surface area contributed by atoms with Crippen LogP contribution in [0.2, 0.25) is 5.02 Å². The average Bonchev–Trinajstić information content (AvgIpc) is 2.56. The van der Waals surface area contributed by atoms with Crippen molar-refractivity contribution >= 4 is 23.3 Å². The van der Waals surface area contributed by atoms with E-state index < -0.39 is 18.1 Å². The Bertz CT molecular complexity index is 657. The summed E-state index contributed by atoms with van der Waals surface area (Å²) in [5.74, 6) is -0.627. The number of carboxylic acid groups (broad SMARTS) is 1. The van der Waals surface area contributed by atoms with Gasteiger partial charge in [0.15, 0.2) is 6.10 Å². The number of carboxylic acids is 1. The van der Waals surface area contributed by atoms with Gasteiger partial charge in [-0.2, -0.15) is 0 Å². The van der Waals surface area contributed by atoms with Crippen LogP contribution in [-0.4, -0.2) is 36.4 Å². The molecule has 6 heteroatoms. The van der Waals surface area contributed by atoms with Crippen LogP contribution in [0.15, 0.2) is 48.5 Å². The van der Waals surface area contributed by atoms with Crippen molar-refractivity contribution in [3.05, 3.63) is 59.1 Å². The second kappa shape index (κ2) is 7.35. The molecule has 0 aromatic heterocycles. The summed E-state index contributed by atoms with van der Waals surface area (Å²) in [7, 11) is 3.28. The van der Waals surface area contributed by atoms with E-state index in [4.69, 9.17) is 16.3 Å². The zero-order chi connectivity index (χ0) is 17.0. The number of rotatable bonds is 6. The lowest BCUT2D eigenvalue weighted by Crippen LogP contribution is -2.38. The lowest BCUT2D eigenvalue weighted by atomic mass is 9.99. The van der Waals surface area contributed by atoms with Gasteiger partial charge >= 0.3 is 5.97 Å². The molecule has 0 spiro atoms. The smallest absolute Gasteiger partial charge is 0.335 e. The molecule has 0 radical (unpaired) electrons. The number of hydrogen-bond acceptors (Lipinski definition) is 4. The highest BCUT2D eigenvalue weighted by Gasteiger charge is 2.31. The standard InChI is InChI=1S/C17H18ClNO4/c1-19(13-7-5-12(18)6-8-13)15(16(20)17(21)22)11-3-9-14(23-2)10-4-11/h3-10,15-16,20H,1-2H3,(H,21,22). The summed E-state index contributed by atoms with van der Waals surface area (Å²) < 4.78 is 5.11. The second-order valence-electron chi connectivity index (χ2n) is 5.09. The number of ether oxygens (including phenoxy) is 1. The Morgan fingerprint density at radius 3 is 2.17 bits per heavy atom. The highest BCUT2D eigenvalue weighted by atomic mass is 35.5. The van der Waals surface area contributed by atoms with Crippen LogP contribution in [0.1, 0.15) is 11.6 Å². The highest BCUT2D eigenvalue weighted by molar-refractivity contribution is 6.30. The zero-order valence-corrected chi connectivity index (χ0v) is 13.6. The van der Waals surface area contributed by atoms with Crippen LogP contribution in [0.5, 0.6) is 5.75 Å². The third-order valence-corrected chi connectivity index (χ3v) is 3.91. The number of halogens is 1. The molecular weight excluding hydrogens is 318 g/mol. The van der Waals surface area contributed by atoms with Gasteiger partial charge in [0.25, 0.3) is 0 Å². The number of aliphatic hydroxyl groups is 1. The maximum absolute atomic E-state index is 11.3. The number of carbonyl (C=O) groups is 1. The average molecular weight is 336 g/mol. The summed E-state index contributed by atoms with van der Waals surface area (Å²) in [6.07, 6.45) is -1.58. The lowest BCUT2D eigenvalue weighted by Gasteiger charge is -2.32. The molecule has 2 rings (SSSR count). The Morgan fingerprint density at radius 1 is 1.13 bits per heavy atom. The highest BCUT2D eigenvalue weighted by Crippen LogP contribution is 2.30. The van der Waals surface area contributed by atoms with Crippen molar-refractivity contribution < 1.29 is 19.7 Å². The van der Waals surface area contributed by atoms with Gasteiger partial charge in [0, 0.05) is 17.8 Å². The maximum Gasteiger partial charge on any atom is 0.335 e. The molecule has 2 atom stereocenters. The third-order valence-electron chi connectivity index (χ3n) is 3.66. The van der Waals surface area contributed by atoms with Gasteiger partial charge in [-0.25, -0.2) is 4.79 Å². The quantitative estimate of drug-likeness (QED) is 0.849. The zero-order valence-electron chi connectivity index (χ0n) is 12.8. The van der Waals surface area contributed by atoms with Crippen molar-refractivity contribution in [1.29, 1.82) is 0 Å². The molecule has 0 saturated heterocycles. The van der Waals surface area contributed by atoms with Crippen LogP contribution < -0.4 is 9.64 Å². The minimum absolute atomic E-state index is 0.585. The van der Waals surface area contributed by atoms with Gasteiger partial charge in [-0.3, -0.25) is 0 Å². The molecule has 0 aliphatic carbocycles. The summed E-state index contributed by atoms with van der Waals surface area (Å²) in [5, 5.41) is 20.0. The first-order valence-electron chi connectivity index (χ1n) is 6.97. The molecule has 0 fully saturated rings. The number of aliphatic hydroxyl groups excluding tert-OH is 1. The monoisotopic (exact) mass is 335 g/mol. The first kappa shape index (κ1) is 17.1. The van der Waals surface area contributed by atoms with E-state index in [0.29, 0.717) is 16.3 Å². The fourth-order valence-electron chi connectivity index (χ4n) is 2.39. The van der Waals surface area contributed by atoms with Crippen LogP contribution in [0.25, 0.3) is 0 Å². The van der Waals surface area contributed by atoms with E-state index in [-0.39, 0.29) is 0 Å². The van der Waals surface area contributed by atoms with E-state index in [9.17, 15) is 15.0 Å². The van der Waals surface area contributed by atoms with Crippen molar-refractivity contribution in [2.45, 2.75) is 12.1 Å². The van der Waals surface area contributed by atoms with Crippen LogP contribution in [0, 0.1) is 0 Å². The van der Waals surface area contributed by atoms with Gasteiger partial charge in [0.05, 0.1) is 13.2 Å². The summed E-state index contributed by atoms with van der Waals surface area (Å²) in [6, 6.07) is 13.2. The Kier molecular flexibility index (Phi) is 5.47. The number of likely N-dealkylation sites (N-methyl/N-ethyl adjacent to an activating group) is 1. The van der Waals surface area contributed by atoms with E-state index in [1.807, 2.05) is 0 Å². The van der Waals surface area contributed by atoms with Gasteiger partial charge in [-0.05, 0) is 42.0 Å². The maximum atomic E-state index is 11.3. The van der Waals surface area contributed by atoms with E-state index in [0.717, 1.165) is 5.69 Å². The third kappa shape index (κ3) is 3.94. The molecule has 0 amide bonds. The molecule has 2 aromatic carbocycles. The lowest BCUT2D eigenvalue weighted by molar-refractivity contribution is -0.147. The normalized spacial score (nSPS) is 13.2. The van der Waals surface area contributed by atoms with Gasteiger partial charge in [0.1, 0.15) is 5.75 Å². The molecule has 5 nitrogen and oxygen atoms in total. The number of hydrogen-bond donors (Lipinski definition) is 2. The molecule has 23 heavy (non-hydrogen) atoms. The molecule has 2 N–H and O–H groups in total. The minimum atomic E-state index is -1.58. The minimum Gasteiger partial charge on any atom is -0.497 e. The number of nitrogens with zero attached hydrogens (tertiary/aromatic N) is 1. The molecule has 0 aliphatic rings. The molecule has 0 heterocycles. The van der Waals surface area contributed by atoms with E-state index in [1.54, 1.807) is 67.6 Å². The summed E-state index contributed by atoms with van der Waals surface area (Å²) in [4.78, 5) is 13.0. The van der Waals surface area contributed by atoms with Crippen molar-refractivity contribution in [3.8, 4) is 5.75 Å². The first-order valence-corrected chi connectivity index (χ1v) is 7.35. The summed E-state index contributed by atoms with van der Waals surface area (Å²) in [5.41, 5.74) is 1.41. The van der Waals surface area contributed by atoms with Crippen LogP contribution in [0.4, 0.5) is 5.69 Å². The molecular formula is C17H18ClNO4. The molecule has 122 valence electrons. The Hall–Kier alpha value is -2.24. The molecule has 2 aromatic rings. The molecule has 2 unspecified atom stereocenters. The number of methoxy groups -OCH3 is 1. The molecule has 0 saturated carbocycles. The van der Waals surface area contributed by atoms with Crippen molar-refractivity contribution in [2.75, 3.05) is 19.1 Å². The largest absolute Gasteiger partial charge is 0.497 e. The van der Waals surface area contributed by atoms with Gasteiger partial charge in [-0.15, -0.1) is 0 Å². The van der Waals surface area contributed by atoms with Crippen LogP contribution >= 0.6 is 11.6 Å². The number of aliphatic carboxylic acids is 1. The van der Waals surface area contributed by atoms with Gasteiger partial charge in [0.2, 0.25) is 0 Å². The predicted molar refractivity (Wildman–Crippen MR) is 89.2 cm³/mol. The Labute approximate surface area is 139 Å².